The predicted octanol–water partition coefficient (Wildman–Crippen LogP) is 1.75. The van der Waals surface area contributed by atoms with E-state index in [0.29, 0.717) is 6.04 Å². The van der Waals surface area contributed by atoms with Crippen molar-refractivity contribution in [3.63, 3.8) is 0 Å². The molecule has 2 atom stereocenters. The molecule has 0 bridgehead atoms. The van der Waals surface area contributed by atoms with Gasteiger partial charge in [0.2, 0.25) is 0 Å². The van der Waals surface area contributed by atoms with Gasteiger partial charge in [0.1, 0.15) is 5.82 Å². The highest BCUT2D eigenvalue weighted by Crippen LogP contribution is 2.22. The van der Waals surface area contributed by atoms with Crippen molar-refractivity contribution in [3.05, 3.63) is 23.9 Å². The second-order valence-electron chi connectivity index (χ2n) is 4.45. The highest BCUT2D eigenvalue weighted by molar-refractivity contribution is 5.43. The van der Waals surface area contributed by atoms with Gasteiger partial charge in [-0.2, -0.15) is 0 Å². The monoisotopic (exact) mass is 236 g/mol. The van der Waals surface area contributed by atoms with E-state index in [0.717, 1.165) is 37.6 Å². The molecular weight excluding hydrogens is 216 g/mol. The molecule has 0 spiro atoms. The number of morpholine rings is 1. The molecule has 2 unspecified atom stereocenters. The van der Waals surface area contributed by atoms with Gasteiger partial charge in [0.15, 0.2) is 0 Å². The van der Waals surface area contributed by atoms with Crippen LogP contribution in [0.15, 0.2) is 18.3 Å². The first-order valence-electron chi connectivity index (χ1n) is 6.20. The van der Waals surface area contributed by atoms with Crippen LogP contribution in [0.3, 0.4) is 0 Å². The van der Waals surface area contributed by atoms with E-state index in [1.165, 1.54) is 0 Å². The van der Waals surface area contributed by atoms with Crippen LogP contribution in [0.4, 0.5) is 5.82 Å². The lowest BCUT2D eigenvalue weighted by atomic mass is 10.1. The lowest BCUT2D eigenvalue weighted by Gasteiger charge is -2.36. The summed E-state index contributed by atoms with van der Waals surface area (Å²) < 4.78 is 5.48. The molecule has 1 aliphatic rings. The maximum Gasteiger partial charge on any atom is 0.129 e. The van der Waals surface area contributed by atoms with Crippen LogP contribution in [0.5, 0.6) is 0 Å². The van der Waals surface area contributed by atoms with Gasteiger partial charge in [-0.15, -0.1) is 0 Å². The number of nitrogens with zero attached hydrogens (tertiary/aromatic N) is 2. The Bertz CT molecular complexity index is 368. The Hall–Kier alpha value is -1.13. The third-order valence-electron chi connectivity index (χ3n) is 3.25. The predicted molar refractivity (Wildman–Crippen MR) is 67.1 cm³/mol. The summed E-state index contributed by atoms with van der Waals surface area (Å²) in [7, 11) is 0. The van der Waals surface area contributed by atoms with Crippen LogP contribution < -0.4 is 4.90 Å². The third-order valence-corrected chi connectivity index (χ3v) is 3.25. The molecule has 0 radical (unpaired) electrons. The molecule has 2 heterocycles. The maximum absolute atomic E-state index is 9.60. The minimum absolute atomic E-state index is 0.389. The molecule has 2 rings (SSSR count). The summed E-state index contributed by atoms with van der Waals surface area (Å²) in [6, 6.07) is 4.22. The number of rotatable bonds is 3. The molecule has 1 N–H and O–H groups in total. The van der Waals surface area contributed by atoms with Crippen molar-refractivity contribution in [2.24, 2.45) is 0 Å². The van der Waals surface area contributed by atoms with Gasteiger partial charge in [0.05, 0.1) is 25.4 Å². The van der Waals surface area contributed by atoms with Crippen LogP contribution in [0.25, 0.3) is 0 Å². The van der Waals surface area contributed by atoms with E-state index >= 15 is 0 Å². The highest BCUT2D eigenvalue weighted by atomic mass is 16.5. The molecule has 17 heavy (non-hydrogen) atoms. The second kappa shape index (κ2) is 5.47. The molecule has 0 saturated carbocycles. The first kappa shape index (κ1) is 12.3. The maximum atomic E-state index is 9.60. The molecule has 4 nitrogen and oxygen atoms in total. The number of aliphatic hydroxyl groups excluding tert-OH is 1. The Labute approximate surface area is 102 Å². The zero-order valence-corrected chi connectivity index (χ0v) is 10.5. The Morgan fingerprint density at radius 1 is 1.65 bits per heavy atom. The van der Waals surface area contributed by atoms with E-state index in [4.69, 9.17) is 4.74 Å². The van der Waals surface area contributed by atoms with Crippen LogP contribution in [0.2, 0.25) is 0 Å². The molecule has 1 aromatic heterocycles. The smallest absolute Gasteiger partial charge is 0.129 e. The van der Waals surface area contributed by atoms with Crippen molar-refractivity contribution in [1.82, 2.24) is 4.98 Å². The molecule has 0 aromatic carbocycles. The van der Waals surface area contributed by atoms with Gasteiger partial charge in [-0.3, -0.25) is 0 Å². The van der Waals surface area contributed by atoms with Crippen LogP contribution in [0, 0.1) is 0 Å². The minimum Gasteiger partial charge on any atom is -0.389 e. The van der Waals surface area contributed by atoms with E-state index < -0.39 is 6.10 Å². The van der Waals surface area contributed by atoms with Crippen molar-refractivity contribution in [3.8, 4) is 0 Å². The van der Waals surface area contributed by atoms with E-state index in [2.05, 4.69) is 16.8 Å². The fourth-order valence-electron chi connectivity index (χ4n) is 2.15. The standard InChI is InChI=1S/C13H20N2O2/c1-3-12-9-17-7-6-15(12)13-8-11(10(2)16)4-5-14-13/h4-5,8,10,12,16H,3,6-7,9H2,1-2H3. The quantitative estimate of drug-likeness (QED) is 0.868. The summed E-state index contributed by atoms with van der Waals surface area (Å²) in [5, 5.41) is 9.60. The van der Waals surface area contributed by atoms with Gasteiger partial charge in [0, 0.05) is 12.7 Å². The molecule has 1 aliphatic heterocycles. The number of ether oxygens (including phenoxy) is 1. The van der Waals surface area contributed by atoms with Gasteiger partial charge < -0.3 is 14.7 Å². The van der Waals surface area contributed by atoms with E-state index in [1.54, 1.807) is 13.1 Å². The number of aliphatic hydroxyl groups is 1. The summed E-state index contributed by atoms with van der Waals surface area (Å²) in [6.45, 7) is 6.31. The number of aromatic nitrogens is 1. The number of pyridine rings is 1. The lowest BCUT2D eigenvalue weighted by Crippen LogP contribution is -2.45. The second-order valence-corrected chi connectivity index (χ2v) is 4.45. The van der Waals surface area contributed by atoms with E-state index in [9.17, 15) is 5.11 Å². The molecular formula is C13H20N2O2. The van der Waals surface area contributed by atoms with Crippen molar-refractivity contribution in [1.29, 1.82) is 0 Å². The average molecular weight is 236 g/mol. The summed E-state index contributed by atoms with van der Waals surface area (Å²) in [6.07, 6.45) is 2.36. The summed E-state index contributed by atoms with van der Waals surface area (Å²) in [4.78, 5) is 6.68. The van der Waals surface area contributed by atoms with Crippen LogP contribution in [-0.2, 0) is 4.74 Å². The third kappa shape index (κ3) is 2.76. The average Bonchev–Trinajstić information content (AvgIpc) is 2.39. The lowest BCUT2D eigenvalue weighted by molar-refractivity contribution is 0.0925. The first-order chi connectivity index (χ1) is 8.22. The van der Waals surface area contributed by atoms with Gasteiger partial charge in [0.25, 0.3) is 0 Å². The topological polar surface area (TPSA) is 45.6 Å². The Morgan fingerprint density at radius 2 is 2.47 bits per heavy atom. The zero-order valence-electron chi connectivity index (χ0n) is 10.5. The summed E-state index contributed by atoms with van der Waals surface area (Å²) in [5.74, 6) is 0.943. The van der Waals surface area contributed by atoms with Crippen molar-refractivity contribution in [2.75, 3.05) is 24.7 Å². The van der Waals surface area contributed by atoms with Gasteiger partial charge in [-0.05, 0) is 31.0 Å². The number of anilines is 1. The summed E-state index contributed by atoms with van der Waals surface area (Å²) >= 11 is 0. The van der Waals surface area contributed by atoms with Crippen LogP contribution in [0.1, 0.15) is 31.9 Å². The van der Waals surface area contributed by atoms with Crippen molar-refractivity contribution >= 4 is 5.82 Å². The molecule has 0 aliphatic carbocycles. The molecule has 0 amide bonds. The number of hydrogen-bond donors (Lipinski definition) is 1. The SMILES string of the molecule is CCC1COCCN1c1cc(C(C)O)ccn1. The molecule has 1 aromatic rings. The largest absolute Gasteiger partial charge is 0.389 e. The van der Waals surface area contributed by atoms with Crippen molar-refractivity contribution < 1.29 is 9.84 Å². The Morgan fingerprint density at radius 3 is 3.18 bits per heavy atom. The number of hydrogen-bond acceptors (Lipinski definition) is 4. The fourth-order valence-corrected chi connectivity index (χ4v) is 2.15. The minimum atomic E-state index is -0.446. The first-order valence-corrected chi connectivity index (χ1v) is 6.20. The molecule has 1 fully saturated rings. The van der Waals surface area contributed by atoms with Crippen LogP contribution in [-0.4, -0.2) is 35.9 Å². The van der Waals surface area contributed by atoms with Crippen LogP contribution >= 0.6 is 0 Å². The van der Waals surface area contributed by atoms with E-state index in [1.807, 2.05) is 12.1 Å². The van der Waals surface area contributed by atoms with Gasteiger partial charge in [-0.25, -0.2) is 4.98 Å². The molecule has 4 heteroatoms. The highest BCUT2D eigenvalue weighted by Gasteiger charge is 2.22. The van der Waals surface area contributed by atoms with E-state index in [-0.39, 0.29) is 0 Å². The molecule has 1 saturated heterocycles. The summed E-state index contributed by atoms with van der Waals surface area (Å²) in [5.41, 5.74) is 0.913. The Kier molecular flexibility index (Phi) is 3.97. The molecule has 94 valence electrons. The van der Waals surface area contributed by atoms with Gasteiger partial charge in [-0.1, -0.05) is 6.92 Å². The normalized spacial score (nSPS) is 22.5. The van der Waals surface area contributed by atoms with Gasteiger partial charge >= 0.3 is 0 Å². The Balaban J connectivity index is 2.22. The van der Waals surface area contributed by atoms with Crippen molar-refractivity contribution in [2.45, 2.75) is 32.4 Å². The fraction of sp³-hybridized carbons (Fsp3) is 0.615. The zero-order chi connectivity index (χ0) is 12.3.